The third-order valence-corrected chi connectivity index (χ3v) is 5.14. The first-order valence-corrected chi connectivity index (χ1v) is 9.45. The first kappa shape index (κ1) is 20.5. The van der Waals surface area contributed by atoms with Crippen LogP contribution in [0, 0.1) is 13.8 Å². The zero-order valence-corrected chi connectivity index (χ0v) is 17.4. The number of carbonyl (C=O) groups excluding carboxylic acids is 3. The van der Waals surface area contributed by atoms with E-state index in [2.05, 4.69) is 5.32 Å². The Kier molecular flexibility index (Phi) is 5.65. The minimum Gasteiger partial charge on any atom is -0.465 e. The molecule has 2 aromatic rings. The van der Waals surface area contributed by atoms with Crippen molar-refractivity contribution in [2.75, 3.05) is 13.7 Å². The average molecular weight is 411 g/mol. The molecule has 150 valence electrons. The topological polar surface area (TPSA) is 80.6 Å². The summed E-state index contributed by atoms with van der Waals surface area (Å²) in [5.41, 5.74) is 3.89. The highest BCUT2D eigenvalue weighted by Crippen LogP contribution is 2.24. The van der Waals surface area contributed by atoms with Crippen LogP contribution in [0.5, 0.6) is 0 Å². The van der Waals surface area contributed by atoms with Crippen LogP contribution in [0.25, 0.3) is 11.8 Å². The Morgan fingerprint density at radius 2 is 1.86 bits per heavy atom. The molecule has 1 fully saturated rings. The number of hydrogen-bond donors (Lipinski definition) is 1. The number of ether oxygens (including phenoxy) is 1. The van der Waals surface area contributed by atoms with E-state index in [0.717, 1.165) is 22.6 Å². The highest BCUT2D eigenvalue weighted by Gasteiger charge is 2.32. The molecular weight excluding hydrogens is 390 g/mol. The maximum absolute atomic E-state index is 12.6. The standard InChI is InChI=1S/C21H21N3O4S/c1-5-23-19(26)17(18(25)22-21(23)29)11-15-10-12(2)24(13(15)3)16-8-6-14(7-9-16)20(27)28-4/h6-11H,5H2,1-4H3,(H,22,25,29)/b17-11+. The molecule has 29 heavy (non-hydrogen) atoms. The van der Waals surface area contributed by atoms with Crippen molar-refractivity contribution in [2.45, 2.75) is 20.8 Å². The van der Waals surface area contributed by atoms with Crippen molar-refractivity contribution < 1.29 is 19.1 Å². The Morgan fingerprint density at radius 1 is 1.21 bits per heavy atom. The second kappa shape index (κ2) is 8.00. The molecule has 0 radical (unpaired) electrons. The highest BCUT2D eigenvalue weighted by atomic mass is 32.1. The highest BCUT2D eigenvalue weighted by molar-refractivity contribution is 7.80. The van der Waals surface area contributed by atoms with Crippen LogP contribution in [0.2, 0.25) is 0 Å². The lowest BCUT2D eigenvalue weighted by Crippen LogP contribution is -2.53. The van der Waals surface area contributed by atoms with Gasteiger partial charge in [-0.15, -0.1) is 0 Å². The van der Waals surface area contributed by atoms with Gasteiger partial charge in [0, 0.05) is 23.6 Å². The summed E-state index contributed by atoms with van der Waals surface area (Å²) in [4.78, 5) is 38.0. The number of thiocarbonyl (C=S) groups is 1. The second-order valence-electron chi connectivity index (χ2n) is 6.57. The third-order valence-electron chi connectivity index (χ3n) is 4.82. The van der Waals surface area contributed by atoms with Gasteiger partial charge in [0.25, 0.3) is 11.8 Å². The molecule has 0 aliphatic carbocycles. The first-order valence-electron chi connectivity index (χ1n) is 9.05. The van der Waals surface area contributed by atoms with E-state index in [9.17, 15) is 14.4 Å². The Balaban J connectivity index is 2.00. The van der Waals surface area contributed by atoms with E-state index in [1.54, 1.807) is 25.1 Å². The van der Waals surface area contributed by atoms with Gasteiger partial charge in [-0.05, 0) is 75.0 Å². The molecule has 0 bridgehead atoms. The fraction of sp³-hybridized carbons (Fsp3) is 0.238. The lowest BCUT2D eigenvalue weighted by atomic mass is 10.1. The molecule has 1 aliphatic heterocycles. The summed E-state index contributed by atoms with van der Waals surface area (Å²) in [6.07, 6.45) is 1.59. The normalized spacial score (nSPS) is 15.7. The molecule has 0 unspecified atom stereocenters. The predicted octanol–water partition coefficient (Wildman–Crippen LogP) is 2.53. The van der Waals surface area contributed by atoms with E-state index in [0.29, 0.717) is 12.1 Å². The van der Waals surface area contributed by atoms with Crippen molar-refractivity contribution >= 4 is 41.2 Å². The number of nitrogens with zero attached hydrogens (tertiary/aromatic N) is 2. The van der Waals surface area contributed by atoms with E-state index in [1.807, 2.05) is 36.6 Å². The second-order valence-corrected chi connectivity index (χ2v) is 6.95. The summed E-state index contributed by atoms with van der Waals surface area (Å²) in [5.74, 6) is -1.31. The zero-order valence-electron chi connectivity index (χ0n) is 16.6. The quantitative estimate of drug-likeness (QED) is 0.362. The van der Waals surface area contributed by atoms with E-state index in [1.165, 1.54) is 12.0 Å². The molecule has 0 atom stereocenters. The fourth-order valence-corrected chi connectivity index (χ4v) is 3.64. The molecule has 0 spiro atoms. The van der Waals surface area contributed by atoms with Gasteiger partial charge in [-0.3, -0.25) is 19.8 Å². The van der Waals surface area contributed by atoms with Crippen LogP contribution in [0.15, 0.2) is 35.9 Å². The van der Waals surface area contributed by atoms with Crippen molar-refractivity contribution in [3.8, 4) is 5.69 Å². The molecule has 1 saturated heterocycles. The number of benzene rings is 1. The molecule has 1 aliphatic rings. The Labute approximate surface area is 173 Å². The largest absolute Gasteiger partial charge is 0.465 e. The minimum absolute atomic E-state index is 0.0433. The summed E-state index contributed by atoms with van der Waals surface area (Å²) in [6, 6.07) is 8.92. The number of carbonyl (C=O) groups is 3. The number of esters is 1. The number of methoxy groups -OCH3 is 1. The lowest BCUT2D eigenvalue weighted by Gasteiger charge is -2.27. The number of aryl methyl sites for hydroxylation is 1. The van der Waals surface area contributed by atoms with Gasteiger partial charge >= 0.3 is 5.97 Å². The van der Waals surface area contributed by atoms with E-state index in [-0.39, 0.29) is 10.7 Å². The Hall–Kier alpha value is -3.26. The van der Waals surface area contributed by atoms with Crippen LogP contribution in [-0.4, -0.2) is 46.0 Å². The number of likely N-dealkylation sites (N-methyl/N-ethyl adjacent to an activating group) is 1. The number of hydrogen-bond acceptors (Lipinski definition) is 5. The monoisotopic (exact) mass is 411 g/mol. The average Bonchev–Trinajstić information content (AvgIpc) is 2.98. The van der Waals surface area contributed by atoms with Crippen LogP contribution in [0.3, 0.4) is 0 Å². The maximum Gasteiger partial charge on any atom is 0.337 e. The number of nitrogens with one attached hydrogen (secondary N) is 1. The molecule has 8 heteroatoms. The van der Waals surface area contributed by atoms with Crippen molar-refractivity contribution in [3.63, 3.8) is 0 Å². The van der Waals surface area contributed by atoms with Crippen LogP contribution in [0.1, 0.15) is 34.2 Å². The minimum atomic E-state index is -0.503. The number of aromatic nitrogens is 1. The van der Waals surface area contributed by atoms with Gasteiger partial charge in [0.1, 0.15) is 5.57 Å². The van der Waals surface area contributed by atoms with Gasteiger partial charge in [-0.1, -0.05) is 0 Å². The molecule has 7 nitrogen and oxygen atoms in total. The molecule has 1 N–H and O–H groups in total. The summed E-state index contributed by atoms with van der Waals surface area (Å²) in [7, 11) is 1.34. The van der Waals surface area contributed by atoms with Crippen LogP contribution < -0.4 is 5.32 Å². The zero-order chi connectivity index (χ0) is 21.3. The van der Waals surface area contributed by atoms with Crippen molar-refractivity contribution in [2.24, 2.45) is 0 Å². The van der Waals surface area contributed by atoms with E-state index < -0.39 is 17.8 Å². The van der Waals surface area contributed by atoms with Gasteiger partial charge in [0.05, 0.1) is 12.7 Å². The molecule has 3 rings (SSSR count). The van der Waals surface area contributed by atoms with Crippen LogP contribution >= 0.6 is 12.2 Å². The molecule has 2 amide bonds. The lowest BCUT2D eigenvalue weighted by molar-refractivity contribution is -0.128. The smallest absolute Gasteiger partial charge is 0.337 e. The summed E-state index contributed by atoms with van der Waals surface area (Å²) >= 11 is 5.06. The summed E-state index contributed by atoms with van der Waals surface area (Å²) < 4.78 is 6.71. The maximum atomic E-state index is 12.6. The first-order chi connectivity index (χ1) is 13.8. The molecular formula is C21H21N3O4S. The van der Waals surface area contributed by atoms with Gasteiger partial charge in [0.15, 0.2) is 5.11 Å². The van der Waals surface area contributed by atoms with Crippen molar-refractivity contribution in [1.82, 2.24) is 14.8 Å². The van der Waals surface area contributed by atoms with Gasteiger partial charge in [-0.2, -0.15) is 0 Å². The third kappa shape index (κ3) is 3.71. The molecule has 1 aromatic carbocycles. The van der Waals surface area contributed by atoms with Crippen LogP contribution in [0.4, 0.5) is 0 Å². The fourth-order valence-electron chi connectivity index (χ4n) is 3.33. The SMILES string of the molecule is CCN1C(=O)/C(=C/c2cc(C)n(-c3ccc(C(=O)OC)cc3)c2C)C(=O)NC1=S. The number of rotatable bonds is 4. The molecule has 0 saturated carbocycles. The predicted molar refractivity (Wildman–Crippen MR) is 113 cm³/mol. The van der Waals surface area contributed by atoms with E-state index in [4.69, 9.17) is 17.0 Å². The van der Waals surface area contributed by atoms with Gasteiger partial charge in [-0.25, -0.2) is 4.79 Å². The van der Waals surface area contributed by atoms with Crippen molar-refractivity contribution in [1.29, 1.82) is 0 Å². The molecule has 2 heterocycles. The van der Waals surface area contributed by atoms with Crippen LogP contribution in [-0.2, 0) is 14.3 Å². The summed E-state index contributed by atoms with van der Waals surface area (Å²) in [5, 5.41) is 2.68. The summed E-state index contributed by atoms with van der Waals surface area (Å²) in [6.45, 7) is 6.00. The van der Waals surface area contributed by atoms with E-state index >= 15 is 0 Å². The van der Waals surface area contributed by atoms with Crippen molar-refractivity contribution in [3.05, 3.63) is 58.4 Å². The Bertz CT molecular complexity index is 1050. The van der Waals surface area contributed by atoms with Gasteiger partial charge < -0.3 is 9.30 Å². The van der Waals surface area contributed by atoms with Gasteiger partial charge in [0.2, 0.25) is 0 Å². The number of amides is 2. The Morgan fingerprint density at radius 3 is 2.45 bits per heavy atom. The molecule has 1 aromatic heterocycles.